The van der Waals surface area contributed by atoms with Crippen molar-refractivity contribution >= 4 is 28.7 Å². The molecule has 0 aliphatic carbocycles. The van der Waals surface area contributed by atoms with Crippen LogP contribution >= 0.6 is 11.6 Å². The van der Waals surface area contributed by atoms with E-state index < -0.39 is 11.4 Å². The van der Waals surface area contributed by atoms with E-state index >= 15 is 4.39 Å². The fraction of sp³-hybridized carbons (Fsp3) is 0.533. The van der Waals surface area contributed by atoms with E-state index in [1.54, 1.807) is 17.3 Å². The molecule has 0 saturated carbocycles. The van der Waals surface area contributed by atoms with Gasteiger partial charge < -0.3 is 23.7 Å². The van der Waals surface area contributed by atoms with Crippen LogP contribution in [0.2, 0.25) is 5.02 Å². The average molecular weight is 571 g/mol. The van der Waals surface area contributed by atoms with Gasteiger partial charge in [-0.15, -0.1) is 0 Å². The van der Waals surface area contributed by atoms with Gasteiger partial charge in [0.2, 0.25) is 0 Å². The second kappa shape index (κ2) is 10.5. The summed E-state index contributed by atoms with van der Waals surface area (Å²) in [5.74, 6) is 0.0833. The number of ether oxygens (including phenoxy) is 3. The third-order valence-electron chi connectivity index (χ3n) is 7.97. The lowest BCUT2D eigenvalue weighted by atomic mass is 9.96. The summed E-state index contributed by atoms with van der Waals surface area (Å²) in [4.78, 5) is 21.3. The highest BCUT2D eigenvalue weighted by molar-refractivity contribution is 6.35. The van der Waals surface area contributed by atoms with E-state index in [9.17, 15) is 4.79 Å². The summed E-state index contributed by atoms with van der Waals surface area (Å²) in [7, 11) is 0. The largest absolute Gasteiger partial charge is 0.490 e. The van der Waals surface area contributed by atoms with E-state index in [-0.39, 0.29) is 23.4 Å². The average Bonchev–Trinajstić information content (AvgIpc) is 3.24. The van der Waals surface area contributed by atoms with Gasteiger partial charge in [-0.05, 0) is 64.7 Å². The summed E-state index contributed by atoms with van der Waals surface area (Å²) < 4.78 is 35.9. The van der Waals surface area contributed by atoms with Crippen LogP contribution in [0.1, 0.15) is 57.4 Å². The number of nitrogens with zero attached hydrogens (tertiary/aromatic N) is 4. The summed E-state index contributed by atoms with van der Waals surface area (Å²) in [5, 5.41) is 0.248. The summed E-state index contributed by atoms with van der Waals surface area (Å²) in [6.45, 7) is 10.7. The van der Waals surface area contributed by atoms with Crippen molar-refractivity contribution in [1.29, 1.82) is 0 Å². The van der Waals surface area contributed by atoms with Crippen LogP contribution in [-0.4, -0.2) is 69.9 Å². The Labute approximate surface area is 238 Å². The molecule has 2 fully saturated rings. The minimum atomic E-state index is -0.563. The number of amides is 1. The first-order valence-electron chi connectivity index (χ1n) is 14.0. The van der Waals surface area contributed by atoms with Crippen LogP contribution in [0.4, 0.5) is 9.18 Å². The van der Waals surface area contributed by atoms with Crippen LogP contribution in [0.5, 0.6) is 5.75 Å². The van der Waals surface area contributed by atoms with Crippen molar-refractivity contribution in [3.63, 3.8) is 0 Å². The van der Waals surface area contributed by atoms with E-state index in [1.807, 2.05) is 44.4 Å². The molecule has 0 radical (unpaired) electrons. The maximum atomic E-state index is 16.0. The molecule has 3 aliphatic rings. The minimum Gasteiger partial charge on any atom is -0.490 e. The van der Waals surface area contributed by atoms with Gasteiger partial charge in [-0.1, -0.05) is 17.7 Å². The first-order chi connectivity index (χ1) is 19.1. The summed E-state index contributed by atoms with van der Waals surface area (Å²) in [6, 6.07) is 5.47. The highest BCUT2D eigenvalue weighted by atomic mass is 35.5. The molecule has 3 aromatic rings. The van der Waals surface area contributed by atoms with Gasteiger partial charge in [0.25, 0.3) is 0 Å². The number of fused-ring (bicyclic) bond motifs is 3. The standard InChI is InChI=1S/C30H36ClFN4O4/c1-18-8-9-22-27(33-17-36(22)23-7-5-6-12-38-23)24(18)25-21(32)13-19-14-34-10-11-35(29(37)40-30(2,3)4)15-20(34)16-39-28(19)26(25)31/h8-9,13,17,20,23H,5-7,10-12,14-16H2,1-4H3/t20-,23?/m1/s1. The Morgan fingerprint density at radius 1 is 1.20 bits per heavy atom. The molecule has 8 nitrogen and oxygen atoms in total. The Morgan fingerprint density at radius 2 is 2.02 bits per heavy atom. The van der Waals surface area contributed by atoms with E-state index in [4.69, 9.17) is 30.8 Å². The number of halogens is 2. The topological polar surface area (TPSA) is 69.1 Å². The van der Waals surface area contributed by atoms with Crippen LogP contribution in [0.15, 0.2) is 24.5 Å². The molecule has 6 rings (SSSR count). The summed E-state index contributed by atoms with van der Waals surface area (Å²) >= 11 is 6.99. The zero-order valence-electron chi connectivity index (χ0n) is 23.5. The number of hydrogen-bond acceptors (Lipinski definition) is 6. The van der Waals surface area contributed by atoms with Crippen LogP contribution in [0.3, 0.4) is 0 Å². The number of aryl methyl sites for hydroxylation is 1. The molecule has 1 aromatic heterocycles. The molecular formula is C30H36ClFN4O4. The number of carbonyl (C=O) groups excluding carboxylic acids is 1. The van der Waals surface area contributed by atoms with Gasteiger partial charge >= 0.3 is 6.09 Å². The zero-order valence-corrected chi connectivity index (χ0v) is 24.3. The van der Waals surface area contributed by atoms with Crippen LogP contribution < -0.4 is 4.74 Å². The normalized spacial score (nSPS) is 21.9. The first kappa shape index (κ1) is 27.3. The second-order valence-corrected chi connectivity index (χ2v) is 12.4. The predicted molar refractivity (Wildman–Crippen MR) is 151 cm³/mol. The van der Waals surface area contributed by atoms with Crippen molar-refractivity contribution < 1.29 is 23.4 Å². The van der Waals surface area contributed by atoms with Gasteiger partial charge in [0.15, 0.2) is 0 Å². The van der Waals surface area contributed by atoms with Crippen LogP contribution in [0.25, 0.3) is 22.2 Å². The fourth-order valence-electron chi connectivity index (χ4n) is 5.99. The zero-order chi connectivity index (χ0) is 28.2. The molecular weight excluding hydrogens is 535 g/mol. The fourth-order valence-corrected chi connectivity index (χ4v) is 6.35. The molecule has 3 aliphatic heterocycles. The van der Waals surface area contributed by atoms with Crippen LogP contribution in [-0.2, 0) is 16.0 Å². The Hall–Kier alpha value is -2.88. The van der Waals surface area contributed by atoms with Crippen molar-refractivity contribution in [2.75, 3.05) is 32.8 Å². The summed E-state index contributed by atoms with van der Waals surface area (Å²) in [5.41, 5.74) is 3.55. The van der Waals surface area contributed by atoms with Crippen molar-refractivity contribution in [2.24, 2.45) is 0 Å². The SMILES string of the molecule is Cc1ccc2c(ncn2C2CCCCO2)c1-c1c(F)cc2c(c1Cl)OC[C@H]1CN(C(=O)OC(C)(C)C)CCN1C2. The maximum absolute atomic E-state index is 16.0. The number of carbonyl (C=O) groups is 1. The lowest BCUT2D eigenvalue weighted by molar-refractivity contribution is -0.0295. The highest BCUT2D eigenvalue weighted by Crippen LogP contribution is 2.45. The molecule has 0 bridgehead atoms. The lowest BCUT2D eigenvalue weighted by Crippen LogP contribution is -2.56. The summed E-state index contributed by atoms with van der Waals surface area (Å²) in [6.07, 6.45) is 4.44. The molecule has 2 atom stereocenters. The van der Waals surface area contributed by atoms with Gasteiger partial charge in [0.1, 0.15) is 30.0 Å². The van der Waals surface area contributed by atoms with Crippen molar-refractivity contribution in [3.8, 4) is 16.9 Å². The number of benzene rings is 2. The number of piperazine rings is 1. The molecule has 1 amide bonds. The molecule has 0 N–H and O–H groups in total. The van der Waals surface area contributed by atoms with Gasteiger partial charge in [0.05, 0.1) is 28.4 Å². The van der Waals surface area contributed by atoms with E-state index in [2.05, 4.69) is 4.90 Å². The number of hydrogen-bond donors (Lipinski definition) is 0. The van der Waals surface area contributed by atoms with Gasteiger partial charge in [-0.2, -0.15) is 0 Å². The van der Waals surface area contributed by atoms with Gasteiger partial charge in [-0.25, -0.2) is 14.2 Å². The van der Waals surface area contributed by atoms with Gasteiger partial charge in [0, 0.05) is 49.5 Å². The Bertz CT molecular complexity index is 1450. The third-order valence-corrected chi connectivity index (χ3v) is 8.33. The minimum absolute atomic E-state index is 0.0624. The maximum Gasteiger partial charge on any atom is 0.410 e. The van der Waals surface area contributed by atoms with Crippen LogP contribution in [0, 0.1) is 12.7 Å². The Balaban J connectivity index is 1.32. The van der Waals surface area contributed by atoms with Crippen molar-refractivity contribution in [3.05, 3.63) is 46.5 Å². The number of rotatable bonds is 2. The van der Waals surface area contributed by atoms with E-state index in [0.717, 1.165) is 36.9 Å². The molecule has 10 heteroatoms. The van der Waals surface area contributed by atoms with E-state index in [1.165, 1.54) is 0 Å². The van der Waals surface area contributed by atoms with Crippen molar-refractivity contribution in [2.45, 2.75) is 71.4 Å². The smallest absolute Gasteiger partial charge is 0.410 e. The monoisotopic (exact) mass is 570 g/mol. The molecule has 2 aromatic carbocycles. The molecule has 4 heterocycles. The van der Waals surface area contributed by atoms with E-state index in [0.29, 0.717) is 60.7 Å². The highest BCUT2D eigenvalue weighted by Gasteiger charge is 2.36. The molecule has 40 heavy (non-hydrogen) atoms. The quantitative estimate of drug-likeness (QED) is 0.359. The second-order valence-electron chi connectivity index (χ2n) is 12.0. The number of aromatic nitrogens is 2. The van der Waals surface area contributed by atoms with Gasteiger partial charge in [-0.3, -0.25) is 4.90 Å². The third kappa shape index (κ3) is 5.03. The number of imidazole rings is 1. The lowest BCUT2D eigenvalue weighted by Gasteiger charge is -2.40. The molecule has 214 valence electrons. The molecule has 2 saturated heterocycles. The Kier molecular flexibility index (Phi) is 7.17. The molecule has 0 spiro atoms. The Morgan fingerprint density at radius 3 is 2.77 bits per heavy atom. The van der Waals surface area contributed by atoms with Crippen molar-refractivity contribution in [1.82, 2.24) is 19.4 Å². The molecule has 1 unspecified atom stereocenters. The predicted octanol–water partition coefficient (Wildman–Crippen LogP) is 6.32. The first-order valence-corrected chi connectivity index (χ1v) is 14.4.